The van der Waals surface area contributed by atoms with Crippen LogP contribution in [0.3, 0.4) is 0 Å². The number of para-hydroxylation sites is 1. The van der Waals surface area contributed by atoms with E-state index in [1.807, 2.05) is 37.3 Å². The number of carbonyl (C=O) groups is 1. The van der Waals surface area contributed by atoms with Crippen molar-refractivity contribution in [3.8, 4) is 22.8 Å². The van der Waals surface area contributed by atoms with E-state index >= 15 is 0 Å². The first-order valence-electron chi connectivity index (χ1n) is 9.55. The number of rotatable bonds is 7. The lowest BCUT2D eigenvalue weighted by atomic mass is 9.95. The number of ether oxygens (including phenoxy) is 2. The molecule has 0 bridgehead atoms. The standard InChI is InChI=1S/C22H23N3O4/c1-3-29-15-10-8-14(9-11-15)21-18-19(16-6-4-5-7-17(16)26)23-24-20(18)22(27)25(21)12-13-28-2/h4-11,21,26H,3,12-13H2,1-2H3,(H,23,24)/t21-/m0/s1. The van der Waals surface area contributed by atoms with Gasteiger partial charge in [-0.1, -0.05) is 24.3 Å². The Morgan fingerprint density at radius 3 is 2.62 bits per heavy atom. The quantitative estimate of drug-likeness (QED) is 0.643. The summed E-state index contributed by atoms with van der Waals surface area (Å²) in [6.45, 7) is 3.38. The Balaban J connectivity index is 1.83. The highest BCUT2D eigenvalue weighted by Crippen LogP contribution is 2.44. The Kier molecular flexibility index (Phi) is 5.22. The monoisotopic (exact) mass is 393 g/mol. The number of H-pyrrole nitrogens is 1. The van der Waals surface area contributed by atoms with Crippen molar-refractivity contribution >= 4 is 5.91 Å². The molecular weight excluding hydrogens is 370 g/mol. The third-order valence-corrected chi connectivity index (χ3v) is 5.07. The maximum atomic E-state index is 13.1. The van der Waals surface area contributed by atoms with Gasteiger partial charge in [0.15, 0.2) is 0 Å². The minimum atomic E-state index is -0.336. The van der Waals surface area contributed by atoms with E-state index in [9.17, 15) is 9.90 Å². The number of hydrogen-bond acceptors (Lipinski definition) is 5. The van der Waals surface area contributed by atoms with Gasteiger partial charge in [-0.3, -0.25) is 9.89 Å². The second-order valence-corrected chi connectivity index (χ2v) is 6.77. The fraction of sp³-hybridized carbons (Fsp3) is 0.273. The lowest BCUT2D eigenvalue weighted by Gasteiger charge is -2.26. The number of aromatic amines is 1. The van der Waals surface area contributed by atoms with Gasteiger partial charge in [0.05, 0.1) is 19.3 Å². The lowest BCUT2D eigenvalue weighted by Crippen LogP contribution is -2.32. The molecule has 1 amide bonds. The van der Waals surface area contributed by atoms with Crippen LogP contribution in [0.1, 0.15) is 34.6 Å². The summed E-state index contributed by atoms with van der Waals surface area (Å²) in [4.78, 5) is 14.9. The van der Waals surface area contributed by atoms with E-state index in [0.717, 1.165) is 16.9 Å². The molecule has 0 fully saturated rings. The van der Waals surface area contributed by atoms with Crippen molar-refractivity contribution in [1.29, 1.82) is 0 Å². The van der Waals surface area contributed by atoms with Crippen molar-refractivity contribution in [3.63, 3.8) is 0 Å². The van der Waals surface area contributed by atoms with E-state index < -0.39 is 0 Å². The highest BCUT2D eigenvalue weighted by Gasteiger charge is 2.42. The Morgan fingerprint density at radius 2 is 1.93 bits per heavy atom. The number of nitrogens with zero attached hydrogens (tertiary/aromatic N) is 2. The van der Waals surface area contributed by atoms with Gasteiger partial charge in [0.2, 0.25) is 0 Å². The van der Waals surface area contributed by atoms with Crippen LogP contribution < -0.4 is 4.74 Å². The Morgan fingerprint density at radius 1 is 1.17 bits per heavy atom. The third kappa shape index (κ3) is 3.34. The number of aromatic hydroxyl groups is 1. The summed E-state index contributed by atoms with van der Waals surface area (Å²) in [5.74, 6) is 0.762. The number of phenolic OH excluding ortho intramolecular Hbond substituents is 1. The number of benzene rings is 2. The molecule has 7 nitrogen and oxygen atoms in total. The molecule has 2 heterocycles. The van der Waals surface area contributed by atoms with Gasteiger partial charge in [0.1, 0.15) is 22.9 Å². The fourth-order valence-electron chi connectivity index (χ4n) is 3.76. The fourth-order valence-corrected chi connectivity index (χ4v) is 3.76. The average Bonchev–Trinajstić information content (AvgIpc) is 3.27. The molecule has 1 aliphatic rings. The van der Waals surface area contributed by atoms with Gasteiger partial charge in [0, 0.05) is 24.8 Å². The normalized spacial score (nSPS) is 15.6. The van der Waals surface area contributed by atoms with Crippen LogP contribution in [0.25, 0.3) is 11.3 Å². The van der Waals surface area contributed by atoms with E-state index in [-0.39, 0.29) is 17.7 Å². The molecule has 0 saturated heterocycles. The predicted molar refractivity (Wildman–Crippen MR) is 108 cm³/mol. The SMILES string of the molecule is CCOc1ccc([C@H]2c3c(-c4ccccc4O)n[nH]c3C(=O)N2CCOC)cc1. The van der Waals surface area contributed by atoms with Crippen LogP contribution in [-0.2, 0) is 4.74 Å². The average molecular weight is 393 g/mol. The van der Waals surface area contributed by atoms with Crippen LogP contribution in [0.5, 0.6) is 11.5 Å². The summed E-state index contributed by atoms with van der Waals surface area (Å²) in [5.41, 5.74) is 3.30. The van der Waals surface area contributed by atoms with E-state index in [1.54, 1.807) is 30.2 Å². The number of carbonyl (C=O) groups excluding carboxylic acids is 1. The van der Waals surface area contributed by atoms with E-state index in [1.165, 1.54) is 0 Å². The van der Waals surface area contributed by atoms with E-state index in [2.05, 4.69) is 10.2 Å². The van der Waals surface area contributed by atoms with Crippen molar-refractivity contribution in [3.05, 3.63) is 65.4 Å². The summed E-state index contributed by atoms with van der Waals surface area (Å²) in [5, 5.41) is 17.6. The number of aromatic nitrogens is 2. The Labute approximate surface area is 168 Å². The number of methoxy groups -OCH3 is 1. The molecule has 1 aromatic heterocycles. The molecule has 2 aromatic carbocycles. The molecule has 1 atom stereocenters. The summed E-state index contributed by atoms with van der Waals surface area (Å²) >= 11 is 0. The van der Waals surface area contributed by atoms with Crippen molar-refractivity contribution in [1.82, 2.24) is 15.1 Å². The molecule has 0 radical (unpaired) electrons. The number of amides is 1. The zero-order chi connectivity index (χ0) is 20.4. The van der Waals surface area contributed by atoms with Gasteiger partial charge >= 0.3 is 0 Å². The van der Waals surface area contributed by atoms with Crippen molar-refractivity contribution in [2.24, 2.45) is 0 Å². The highest BCUT2D eigenvalue weighted by atomic mass is 16.5. The molecule has 1 aliphatic heterocycles. The molecule has 4 rings (SSSR count). The van der Waals surface area contributed by atoms with Gasteiger partial charge in [-0.25, -0.2) is 0 Å². The Hall–Kier alpha value is -3.32. The number of phenols is 1. The van der Waals surface area contributed by atoms with Gasteiger partial charge in [0.25, 0.3) is 5.91 Å². The minimum Gasteiger partial charge on any atom is -0.507 e. The molecule has 29 heavy (non-hydrogen) atoms. The van der Waals surface area contributed by atoms with Crippen molar-refractivity contribution in [2.45, 2.75) is 13.0 Å². The summed E-state index contributed by atoms with van der Waals surface area (Å²) in [6.07, 6.45) is 0. The minimum absolute atomic E-state index is 0.120. The second kappa shape index (κ2) is 7.97. The van der Waals surface area contributed by atoms with Gasteiger partial charge in [-0.05, 0) is 36.8 Å². The maximum Gasteiger partial charge on any atom is 0.273 e. The smallest absolute Gasteiger partial charge is 0.273 e. The van der Waals surface area contributed by atoms with E-state index in [4.69, 9.17) is 9.47 Å². The van der Waals surface area contributed by atoms with Gasteiger partial charge in [-0.2, -0.15) is 5.10 Å². The number of hydrogen-bond donors (Lipinski definition) is 2. The largest absolute Gasteiger partial charge is 0.507 e. The first-order chi connectivity index (χ1) is 14.2. The molecule has 0 saturated carbocycles. The predicted octanol–water partition coefficient (Wildman–Crippen LogP) is 3.37. The van der Waals surface area contributed by atoms with Gasteiger partial charge in [-0.15, -0.1) is 0 Å². The van der Waals surface area contributed by atoms with Crippen LogP contribution in [-0.4, -0.2) is 53.0 Å². The highest BCUT2D eigenvalue weighted by molar-refractivity contribution is 6.00. The van der Waals surface area contributed by atoms with E-state index in [0.29, 0.717) is 36.7 Å². The number of nitrogens with one attached hydrogen (secondary N) is 1. The first kappa shape index (κ1) is 19.0. The topological polar surface area (TPSA) is 87.7 Å². The molecule has 2 N–H and O–H groups in total. The first-order valence-corrected chi connectivity index (χ1v) is 9.55. The van der Waals surface area contributed by atoms with Crippen LogP contribution in [0, 0.1) is 0 Å². The summed E-state index contributed by atoms with van der Waals surface area (Å²) in [6, 6.07) is 14.4. The molecule has 150 valence electrons. The van der Waals surface area contributed by atoms with Crippen molar-refractivity contribution in [2.75, 3.05) is 26.9 Å². The Bertz CT molecular complexity index is 1010. The molecular formula is C22H23N3O4. The molecule has 0 spiro atoms. The van der Waals surface area contributed by atoms with Crippen molar-refractivity contribution < 1.29 is 19.4 Å². The zero-order valence-electron chi connectivity index (χ0n) is 16.4. The second-order valence-electron chi connectivity index (χ2n) is 6.77. The molecule has 0 unspecified atom stereocenters. The van der Waals surface area contributed by atoms with Crippen LogP contribution in [0.4, 0.5) is 0 Å². The van der Waals surface area contributed by atoms with Gasteiger partial charge < -0.3 is 19.5 Å². The molecule has 3 aromatic rings. The number of fused-ring (bicyclic) bond motifs is 1. The molecule has 0 aliphatic carbocycles. The third-order valence-electron chi connectivity index (χ3n) is 5.07. The van der Waals surface area contributed by atoms with Crippen LogP contribution in [0.15, 0.2) is 48.5 Å². The summed E-state index contributed by atoms with van der Waals surface area (Å²) < 4.78 is 10.8. The summed E-state index contributed by atoms with van der Waals surface area (Å²) in [7, 11) is 1.61. The lowest BCUT2D eigenvalue weighted by molar-refractivity contribution is 0.0677. The zero-order valence-corrected chi connectivity index (χ0v) is 16.4. The molecule has 7 heteroatoms. The maximum absolute atomic E-state index is 13.1. The van der Waals surface area contributed by atoms with Crippen LogP contribution >= 0.6 is 0 Å². The van der Waals surface area contributed by atoms with Crippen LogP contribution in [0.2, 0.25) is 0 Å².